The first-order valence-corrected chi connectivity index (χ1v) is 46.5. The highest BCUT2D eigenvalue weighted by atomic mass is 32.2. The summed E-state index contributed by atoms with van der Waals surface area (Å²) >= 11 is 0. The largest absolute Gasteiger partial charge is 0.464 e. The molecule has 0 saturated heterocycles. The molecule has 0 amide bonds. The average molecular weight is 1940 g/mol. The second kappa shape index (κ2) is 110. The van der Waals surface area contributed by atoms with Gasteiger partial charge in [-0.2, -0.15) is 8.42 Å². The van der Waals surface area contributed by atoms with E-state index in [9.17, 15) is 32.4 Å². The number of aliphatic hydroxyl groups excluding tert-OH is 5. The fourth-order valence-electron chi connectivity index (χ4n) is 8.41. The topological polar surface area (TPSA) is 519 Å². The fourth-order valence-corrected chi connectivity index (χ4v) is 8.78. The highest BCUT2D eigenvalue weighted by Crippen LogP contribution is 2.05. The molecule has 0 fully saturated rings. The van der Waals surface area contributed by atoms with E-state index in [1.807, 2.05) is 78.9 Å². The number of carbonyl (C=O) groups is 5. The van der Waals surface area contributed by atoms with Crippen LogP contribution in [-0.4, -0.2) is 404 Å². The summed E-state index contributed by atoms with van der Waals surface area (Å²) in [6.07, 6.45) is -1.28. The second-order valence-corrected chi connectivity index (χ2v) is 27.7. The second-order valence-electron chi connectivity index (χ2n) is 26.1. The molecule has 3 aromatic carbocycles. The molecule has 42 nitrogen and oxygen atoms in total. The maximum atomic E-state index is 11.3. The van der Waals surface area contributed by atoms with Crippen LogP contribution in [0.5, 0.6) is 0 Å². The normalized spacial score (nSPS) is 11.8. The van der Waals surface area contributed by atoms with E-state index < -0.39 is 52.6 Å². The predicted octanol–water partition coefficient (Wildman–Crippen LogP) is 6.26. The van der Waals surface area contributed by atoms with Gasteiger partial charge in [0.1, 0.15) is 6.10 Å². The van der Waals surface area contributed by atoms with Gasteiger partial charge in [-0.3, -0.25) is 4.18 Å². The molecule has 0 heterocycles. The van der Waals surface area contributed by atoms with Crippen molar-refractivity contribution in [3.63, 3.8) is 0 Å². The third kappa shape index (κ3) is 110. The SMILES string of the molecule is CCCOCCOCCOCc1ccccc1.CCOC(=O)[C@H](C)O.CCOC(=O)[C@H](C)OCCOCCOCCN=[N+]=[N-].CCOC(=O)[C@H](C)OCCOCCOCCO.CCOC(=O)[C@H](C)OCCOCCOCCOCc1ccccc1.CCOC(=O)[C@H](C)OCCOCCOCCOS(C)(=O)=O.OCCOCCOCCO.OCCOCCOCCOCc1ccccc1. The molecule has 3 rings (SSSR count). The Labute approximate surface area is 788 Å². The lowest BCUT2D eigenvalue weighted by Crippen LogP contribution is -2.25. The van der Waals surface area contributed by atoms with Gasteiger partial charge in [-0.1, -0.05) is 103 Å². The molecule has 5 atom stereocenters. The molecule has 0 aromatic heterocycles. The summed E-state index contributed by atoms with van der Waals surface area (Å²) in [7, 11) is -3.41. The highest BCUT2D eigenvalue weighted by molar-refractivity contribution is 7.86. The third-order valence-electron chi connectivity index (χ3n) is 14.8. The number of ether oxygens (including phenoxy) is 26. The first-order valence-electron chi connectivity index (χ1n) is 44.7. The van der Waals surface area contributed by atoms with Crippen molar-refractivity contribution in [3.05, 3.63) is 118 Å². The van der Waals surface area contributed by atoms with Crippen LogP contribution in [0.15, 0.2) is 96.1 Å². The number of hydrogen-bond acceptors (Lipinski definition) is 40. The van der Waals surface area contributed by atoms with Crippen LogP contribution in [0.3, 0.4) is 0 Å². The molecule has 0 aliphatic heterocycles. The van der Waals surface area contributed by atoms with Crippen molar-refractivity contribution >= 4 is 40.0 Å². The molecule has 776 valence electrons. The van der Waals surface area contributed by atoms with Gasteiger partial charge in [0, 0.05) is 18.1 Å². The van der Waals surface area contributed by atoms with Gasteiger partial charge in [0.25, 0.3) is 10.1 Å². The first kappa shape index (κ1) is 135. The smallest absolute Gasteiger partial charge is 0.334 e. The van der Waals surface area contributed by atoms with Crippen molar-refractivity contribution in [2.24, 2.45) is 5.11 Å². The summed E-state index contributed by atoms with van der Waals surface area (Å²) in [4.78, 5) is 57.7. The van der Waals surface area contributed by atoms with Crippen LogP contribution in [-0.2, 0) is 181 Å². The summed E-state index contributed by atoms with van der Waals surface area (Å²) in [6.45, 7) is 38.4. The van der Waals surface area contributed by atoms with Crippen LogP contribution >= 0.6 is 0 Å². The van der Waals surface area contributed by atoms with Crippen molar-refractivity contribution in [1.29, 1.82) is 0 Å². The maximum Gasteiger partial charge on any atom is 0.334 e. The lowest BCUT2D eigenvalue weighted by Gasteiger charge is -2.12. The Morgan fingerprint density at radius 1 is 0.301 bits per heavy atom. The van der Waals surface area contributed by atoms with Crippen LogP contribution in [0.25, 0.3) is 10.4 Å². The van der Waals surface area contributed by atoms with E-state index in [0.717, 1.165) is 24.8 Å². The van der Waals surface area contributed by atoms with Crippen molar-refractivity contribution in [3.8, 4) is 0 Å². The Morgan fingerprint density at radius 3 is 0.707 bits per heavy atom. The van der Waals surface area contributed by atoms with Crippen molar-refractivity contribution in [2.45, 2.75) is 133 Å². The van der Waals surface area contributed by atoms with Crippen LogP contribution in [0.2, 0.25) is 0 Å². The van der Waals surface area contributed by atoms with E-state index in [0.29, 0.717) is 271 Å². The van der Waals surface area contributed by atoms with E-state index >= 15 is 0 Å². The Bertz CT molecular complexity index is 3010. The van der Waals surface area contributed by atoms with E-state index in [4.69, 9.17) is 149 Å². The minimum Gasteiger partial charge on any atom is -0.464 e. The molecular weight excluding hydrogens is 1780 g/mol. The summed E-state index contributed by atoms with van der Waals surface area (Å²) in [5.74, 6) is -2.04. The number of azide groups is 1. The van der Waals surface area contributed by atoms with Gasteiger partial charge in [-0.15, -0.1) is 0 Å². The lowest BCUT2D eigenvalue weighted by atomic mass is 10.2. The summed E-state index contributed by atoms with van der Waals surface area (Å²) in [5, 5.41) is 45.2. The number of benzene rings is 3. The number of rotatable bonds is 79. The predicted molar refractivity (Wildman–Crippen MR) is 490 cm³/mol. The monoisotopic (exact) mass is 1940 g/mol. The van der Waals surface area contributed by atoms with E-state index in [2.05, 4.69) is 38.0 Å². The zero-order chi connectivity index (χ0) is 99.5. The zero-order valence-corrected chi connectivity index (χ0v) is 81.6. The van der Waals surface area contributed by atoms with Gasteiger partial charge in [-0.25, -0.2) is 24.0 Å². The third-order valence-corrected chi connectivity index (χ3v) is 15.3. The molecule has 0 aliphatic carbocycles. The Balaban J connectivity index is -0.000000477. The fraction of sp³-hybridized carbons (Fsp3) is 0.744. The van der Waals surface area contributed by atoms with Gasteiger partial charge in [-0.05, 0) is 97.9 Å². The molecule has 0 radical (unpaired) electrons. The molecule has 0 saturated carbocycles. The van der Waals surface area contributed by atoms with E-state index in [-0.39, 0.29) is 64.2 Å². The van der Waals surface area contributed by atoms with Gasteiger partial charge in [0.2, 0.25) is 0 Å². The molecule has 3 aromatic rings. The van der Waals surface area contributed by atoms with E-state index in [1.54, 1.807) is 62.3 Å². The lowest BCUT2D eigenvalue weighted by molar-refractivity contribution is -0.157. The van der Waals surface area contributed by atoms with Crippen molar-refractivity contribution < 1.29 is 185 Å². The van der Waals surface area contributed by atoms with Gasteiger partial charge in [0.15, 0.2) is 24.4 Å². The van der Waals surface area contributed by atoms with Crippen molar-refractivity contribution in [1.82, 2.24) is 0 Å². The molecule has 0 aliphatic rings. The minimum atomic E-state index is -3.41. The quantitative estimate of drug-likeness (QED) is 0.00792. The van der Waals surface area contributed by atoms with Crippen LogP contribution in [0.4, 0.5) is 0 Å². The van der Waals surface area contributed by atoms with Gasteiger partial charge < -0.3 is 149 Å². The standard InChI is InChI=1S/C18H28O6.C14H22O3.C13H20O4.C12H24O8S.C11H21N3O5.C11H22O6.C6H14O4.C5H10O3/c1-3-23-18(19)16(2)24-14-13-21-10-9-20-11-12-22-15-17-7-5-4-6-8-17;1-2-8-15-9-10-16-11-12-17-13-14-6-4-3-5-7-14;14-6-7-15-8-9-16-10-11-17-12-13-4-2-1-3-5-13;1-4-18-12(13)11(2)19-9-7-16-5-6-17-8-10-20-21(3,14)15;1-3-18-11(15)10(2)19-9-8-17-7-6-16-5-4-13-14-12;1-3-16-11(13)10(2)17-9-8-15-7-6-14-5-4-12;7-1-3-9-5-6-10-4-2-8;1-3-8-5(7)4(2)6/h4-8,16H,3,9-15H2,1-2H3;3-7H,2,8-13H2,1H3;1-5,14H,6-12H2;11H,4-10H2,1-3H3;10H,3-9H2,1-2H3;10,12H,3-9H2,1-2H3;7-8H,1-6H2;4,6H,3H2,1-2H3/t16-;;;11-;2*10-;;4-/m0..000.0/s1. The van der Waals surface area contributed by atoms with Crippen molar-refractivity contribution in [2.75, 3.05) is 310 Å². The molecule has 43 heteroatoms. The first-order chi connectivity index (χ1) is 64.5. The summed E-state index contributed by atoms with van der Waals surface area (Å²) < 4.78 is 159. The molecule has 5 N–H and O–H groups in total. The number of carbonyl (C=O) groups excluding carboxylic acids is 5. The van der Waals surface area contributed by atoms with Gasteiger partial charge in [0.05, 0.1) is 317 Å². The molecule has 0 bridgehead atoms. The molecular formula is C90H161N3O39S. The summed E-state index contributed by atoms with van der Waals surface area (Å²) in [5.41, 5.74) is 11.5. The van der Waals surface area contributed by atoms with Crippen LogP contribution in [0, 0.1) is 0 Å². The Morgan fingerprint density at radius 2 is 0.504 bits per heavy atom. The Kier molecular flexibility index (Phi) is 112. The van der Waals surface area contributed by atoms with Crippen LogP contribution < -0.4 is 0 Å². The van der Waals surface area contributed by atoms with E-state index in [1.165, 1.54) is 18.1 Å². The number of nitrogens with zero attached hydrogens (tertiary/aromatic N) is 3. The zero-order valence-electron chi connectivity index (χ0n) is 80.8. The van der Waals surface area contributed by atoms with Crippen LogP contribution in [0.1, 0.15) is 99.3 Å². The number of hydrogen-bond donors (Lipinski definition) is 5. The molecule has 133 heavy (non-hydrogen) atoms. The highest BCUT2D eigenvalue weighted by Gasteiger charge is 2.17. The number of esters is 5. The molecule has 0 unspecified atom stereocenters. The molecule has 0 spiro atoms. The van der Waals surface area contributed by atoms with Gasteiger partial charge >= 0.3 is 29.8 Å². The Hall–Kier alpha value is -6.81. The average Bonchev–Trinajstić information content (AvgIpc) is 0.958. The number of aliphatic hydroxyl groups is 5. The minimum absolute atomic E-state index is 0.0141. The maximum absolute atomic E-state index is 11.3. The summed E-state index contributed by atoms with van der Waals surface area (Å²) in [6, 6.07) is 30.2.